The maximum atomic E-state index is 13.1. The van der Waals surface area contributed by atoms with Gasteiger partial charge in [0, 0.05) is 12.2 Å². The third-order valence-corrected chi connectivity index (χ3v) is 5.41. The molecular weight excluding hydrogens is 428 g/mol. The normalized spacial score (nSPS) is 12.6. The molecule has 0 saturated carbocycles. The minimum atomic E-state index is -0.302. The summed E-state index contributed by atoms with van der Waals surface area (Å²) in [5.74, 6) is 1.61. The summed E-state index contributed by atoms with van der Waals surface area (Å²) in [6.07, 6.45) is 2.38. The second-order valence-corrected chi connectivity index (χ2v) is 7.65. The Hall–Kier alpha value is -4.24. The predicted molar refractivity (Wildman–Crippen MR) is 131 cm³/mol. The van der Waals surface area contributed by atoms with E-state index >= 15 is 0 Å². The van der Waals surface area contributed by atoms with E-state index in [0.717, 1.165) is 23.4 Å². The first-order chi connectivity index (χ1) is 16.7. The van der Waals surface area contributed by atoms with Gasteiger partial charge in [0.25, 0.3) is 5.91 Å². The second kappa shape index (κ2) is 11.1. The molecule has 0 saturated heterocycles. The average Bonchev–Trinajstić information content (AvgIpc) is 3.31. The molecule has 3 aromatic rings. The number of anilines is 1. The van der Waals surface area contributed by atoms with Crippen molar-refractivity contribution in [1.82, 2.24) is 0 Å². The zero-order chi connectivity index (χ0) is 23.8. The van der Waals surface area contributed by atoms with Crippen LogP contribution < -0.4 is 19.1 Å². The van der Waals surface area contributed by atoms with Crippen LogP contribution in [0.25, 0.3) is 6.08 Å². The molecule has 0 aliphatic carbocycles. The predicted octanol–water partition coefficient (Wildman–Crippen LogP) is 5.04. The molecule has 0 N–H and O–H groups in total. The number of amides is 1. The molecule has 1 aliphatic heterocycles. The van der Waals surface area contributed by atoms with Gasteiger partial charge < -0.3 is 19.1 Å². The molecule has 6 nitrogen and oxygen atoms in total. The number of para-hydroxylation sites is 2. The number of hydrogen-bond acceptors (Lipinski definition) is 5. The smallest absolute Gasteiger partial charge is 0.268 e. The maximum Gasteiger partial charge on any atom is 0.268 e. The van der Waals surface area contributed by atoms with Crippen LogP contribution in [0, 0.1) is 11.3 Å². The van der Waals surface area contributed by atoms with E-state index in [1.165, 1.54) is 0 Å². The molecule has 0 aromatic heterocycles. The molecule has 6 heteroatoms. The van der Waals surface area contributed by atoms with Crippen LogP contribution in [0.3, 0.4) is 0 Å². The van der Waals surface area contributed by atoms with Crippen molar-refractivity contribution in [3.8, 4) is 23.3 Å². The van der Waals surface area contributed by atoms with Crippen LogP contribution >= 0.6 is 0 Å². The van der Waals surface area contributed by atoms with E-state index in [2.05, 4.69) is 6.07 Å². The Morgan fingerprint density at radius 2 is 1.74 bits per heavy atom. The highest BCUT2D eigenvalue weighted by Gasteiger charge is 2.26. The van der Waals surface area contributed by atoms with Crippen molar-refractivity contribution < 1.29 is 19.0 Å². The van der Waals surface area contributed by atoms with Crippen molar-refractivity contribution in [2.45, 2.75) is 13.3 Å². The van der Waals surface area contributed by atoms with Gasteiger partial charge in [-0.3, -0.25) is 4.79 Å². The summed E-state index contributed by atoms with van der Waals surface area (Å²) in [7, 11) is 0. The summed E-state index contributed by atoms with van der Waals surface area (Å²) in [6.45, 7) is 3.65. The van der Waals surface area contributed by atoms with Gasteiger partial charge in [0.1, 0.15) is 30.6 Å². The summed E-state index contributed by atoms with van der Waals surface area (Å²) < 4.78 is 17.3. The van der Waals surface area contributed by atoms with Crippen molar-refractivity contribution in [3.05, 3.63) is 89.5 Å². The van der Waals surface area contributed by atoms with Crippen LogP contribution in [0.1, 0.15) is 18.1 Å². The van der Waals surface area contributed by atoms with Gasteiger partial charge in [0.15, 0.2) is 11.5 Å². The van der Waals surface area contributed by atoms with Gasteiger partial charge in [-0.25, -0.2) is 0 Å². The average molecular weight is 455 g/mol. The number of carbonyl (C=O) groups excluding carboxylic acids is 1. The van der Waals surface area contributed by atoms with E-state index in [1.54, 1.807) is 29.2 Å². The van der Waals surface area contributed by atoms with E-state index in [4.69, 9.17) is 14.2 Å². The number of carbonyl (C=O) groups is 1. The van der Waals surface area contributed by atoms with E-state index in [0.29, 0.717) is 43.4 Å². The minimum Gasteiger partial charge on any atom is -0.490 e. The highest BCUT2D eigenvalue weighted by atomic mass is 16.5. The lowest BCUT2D eigenvalue weighted by molar-refractivity contribution is -0.114. The van der Waals surface area contributed by atoms with Crippen LogP contribution in [0.5, 0.6) is 17.2 Å². The number of ether oxygens (including phenoxy) is 3. The SMILES string of the molecule is CCOc1cc(C=C(C#N)C(=O)N2CCc3ccccc32)ccc1OCCOc1ccccc1. The van der Waals surface area contributed by atoms with Crippen LogP contribution in [0.15, 0.2) is 78.4 Å². The Labute approximate surface area is 199 Å². The minimum absolute atomic E-state index is 0.0732. The van der Waals surface area contributed by atoms with Crippen LogP contribution in [0.2, 0.25) is 0 Å². The Bertz CT molecular complexity index is 1210. The first-order valence-electron chi connectivity index (χ1n) is 11.3. The molecule has 1 amide bonds. The maximum absolute atomic E-state index is 13.1. The van der Waals surface area contributed by atoms with E-state index in [9.17, 15) is 10.1 Å². The number of hydrogen-bond donors (Lipinski definition) is 0. The molecule has 1 heterocycles. The molecular formula is C28H26N2O4. The monoisotopic (exact) mass is 454 g/mol. The van der Waals surface area contributed by atoms with E-state index in [-0.39, 0.29) is 11.5 Å². The summed E-state index contributed by atoms with van der Waals surface area (Å²) >= 11 is 0. The van der Waals surface area contributed by atoms with Gasteiger partial charge in [0.05, 0.1) is 6.61 Å². The third-order valence-electron chi connectivity index (χ3n) is 5.41. The van der Waals surface area contributed by atoms with Gasteiger partial charge in [-0.05, 0) is 60.9 Å². The van der Waals surface area contributed by atoms with E-state index < -0.39 is 0 Å². The highest BCUT2D eigenvalue weighted by molar-refractivity contribution is 6.12. The zero-order valence-electron chi connectivity index (χ0n) is 19.1. The molecule has 172 valence electrons. The number of benzene rings is 3. The van der Waals surface area contributed by atoms with Crippen molar-refractivity contribution in [1.29, 1.82) is 5.26 Å². The summed E-state index contributed by atoms with van der Waals surface area (Å²) in [5.41, 5.74) is 2.74. The van der Waals surface area contributed by atoms with Gasteiger partial charge >= 0.3 is 0 Å². The van der Waals surface area contributed by atoms with Crippen molar-refractivity contribution >= 4 is 17.7 Å². The Balaban J connectivity index is 1.46. The molecule has 1 aliphatic rings. The number of fused-ring (bicyclic) bond motifs is 1. The van der Waals surface area contributed by atoms with Gasteiger partial charge in [-0.15, -0.1) is 0 Å². The summed E-state index contributed by atoms with van der Waals surface area (Å²) in [6, 6.07) is 24.8. The molecule has 4 rings (SSSR count). The standard InChI is InChI=1S/C28H26N2O4/c1-2-32-27-19-21(12-13-26(27)34-17-16-33-24-9-4-3-5-10-24)18-23(20-29)28(31)30-15-14-22-8-6-7-11-25(22)30/h3-13,18-19H,2,14-17H2,1H3. The second-order valence-electron chi connectivity index (χ2n) is 7.65. The Kier molecular flexibility index (Phi) is 7.46. The Morgan fingerprint density at radius 1 is 0.971 bits per heavy atom. The van der Waals surface area contributed by atoms with Crippen LogP contribution in [-0.2, 0) is 11.2 Å². The lowest BCUT2D eigenvalue weighted by atomic mass is 10.1. The molecule has 34 heavy (non-hydrogen) atoms. The van der Waals surface area contributed by atoms with Gasteiger partial charge in [0.2, 0.25) is 0 Å². The third kappa shape index (κ3) is 5.38. The summed E-state index contributed by atoms with van der Waals surface area (Å²) in [4.78, 5) is 14.7. The molecule has 0 bridgehead atoms. The van der Waals surface area contributed by atoms with Gasteiger partial charge in [-0.1, -0.05) is 42.5 Å². The Morgan fingerprint density at radius 3 is 2.53 bits per heavy atom. The molecule has 0 unspecified atom stereocenters. The first-order valence-corrected chi connectivity index (χ1v) is 11.3. The largest absolute Gasteiger partial charge is 0.490 e. The summed E-state index contributed by atoms with van der Waals surface area (Å²) in [5, 5.41) is 9.69. The highest BCUT2D eigenvalue weighted by Crippen LogP contribution is 2.31. The van der Waals surface area contributed by atoms with Crippen molar-refractivity contribution in [2.75, 3.05) is 31.3 Å². The first kappa shape index (κ1) is 22.9. The molecule has 0 radical (unpaired) electrons. The quantitative estimate of drug-likeness (QED) is 0.257. The topological polar surface area (TPSA) is 71.8 Å². The fraction of sp³-hybridized carbons (Fsp3) is 0.214. The van der Waals surface area contributed by atoms with Crippen molar-refractivity contribution in [3.63, 3.8) is 0 Å². The molecule has 3 aromatic carbocycles. The molecule has 0 spiro atoms. The molecule has 0 atom stereocenters. The van der Waals surface area contributed by atoms with Crippen LogP contribution in [0.4, 0.5) is 5.69 Å². The fourth-order valence-corrected chi connectivity index (χ4v) is 3.83. The van der Waals surface area contributed by atoms with Crippen molar-refractivity contribution in [2.24, 2.45) is 0 Å². The number of nitrogens with zero attached hydrogens (tertiary/aromatic N) is 2. The fourth-order valence-electron chi connectivity index (χ4n) is 3.83. The number of rotatable bonds is 9. The number of nitriles is 1. The lowest BCUT2D eigenvalue weighted by Crippen LogP contribution is -2.29. The lowest BCUT2D eigenvalue weighted by Gasteiger charge is -2.17. The zero-order valence-corrected chi connectivity index (χ0v) is 19.1. The molecule has 0 fully saturated rings. The van der Waals surface area contributed by atoms with Gasteiger partial charge in [-0.2, -0.15) is 5.26 Å². The van der Waals surface area contributed by atoms with Crippen LogP contribution in [-0.4, -0.2) is 32.3 Å². The van der Waals surface area contributed by atoms with E-state index in [1.807, 2.05) is 61.5 Å².